The van der Waals surface area contributed by atoms with Gasteiger partial charge in [-0.2, -0.15) is 0 Å². The Balaban J connectivity index is 2.00. The molecule has 2 unspecified atom stereocenters. The molecule has 1 aliphatic heterocycles. The number of benzene rings is 2. The van der Waals surface area contributed by atoms with Gasteiger partial charge in [-0.05, 0) is 61.7 Å². The quantitative estimate of drug-likeness (QED) is 0.800. The van der Waals surface area contributed by atoms with Crippen LogP contribution in [0.4, 0.5) is 0 Å². The molecular weight excluding hydrogens is 342 g/mol. The highest BCUT2D eigenvalue weighted by Gasteiger charge is 2.31. The first-order valence-corrected chi connectivity index (χ1v) is 9.46. The number of carbonyl (C=O) groups is 1. The van der Waals surface area contributed by atoms with Crippen LogP contribution in [-0.4, -0.2) is 42.8 Å². The number of aliphatic carboxylic acids is 1. The summed E-state index contributed by atoms with van der Waals surface area (Å²) in [5, 5.41) is 9.51. The Morgan fingerprint density at radius 1 is 1.19 bits per heavy atom. The number of hydrogen-bond acceptors (Lipinski definition) is 4. The van der Waals surface area contributed by atoms with Gasteiger partial charge < -0.3 is 14.6 Å². The Morgan fingerprint density at radius 3 is 2.48 bits per heavy atom. The Hall–Kier alpha value is -2.53. The monoisotopic (exact) mass is 369 g/mol. The zero-order valence-electron chi connectivity index (χ0n) is 15.9. The predicted octanol–water partition coefficient (Wildman–Crippen LogP) is 3.98. The minimum absolute atomic E-state index is 0.0392. The van der Waals surface area contributed by atoms with Crippen molar-refractivity contribution in [2.45, 2.75) is 25.8 Å². The lowest BCUT2D eigenvalue weighted by Gasteiger charge is -2.37. The number of carboxylic acid groups (broad SMARTS) is 1. The topological polar surface area (TPSA) is 59.0 Å². The van der Waals surface area contributed by atoms with Gasteiger partial charge in [-0.1, -0.05) is 24.3 Å². The van der Waals surface area contributed by atoms with Crippen LogP contribution in [-0.2, 0) is 4.79 Å². The van der Waals surface area contributed by atoms with Gasteiger partial charge in [0.05, 0.1) is 25.7 Å². The number of nitrogens with zero attached hydrogens (tertiary/aromatic N) is 1. The molecule has 0 amide bonds. The van der Waals surface area contributed by atoms with E-state index >= 15 is 0 Å². The summed E-state index contributed by atoms with van der Waals surface area (Å²) in [6, 6.07) is 16.0. The van der Waals surface area contributed by atoms with E-state index in [1.165, 1.54) is 0 Å². The first-order valence-electron chi connectivity index (χ1n) is 9.46. The largest absolute Gasteiger partial charge is 0.497 e. The van der Waals surface area contributed by atoms with E-state index in [1.54, 1.807) is 7.11 Å². The smallest absolute Gasteiger partial charge is 0.307 e. The fourth-order valence-corrected chi connectivity index (χ4v) is 3.81. The van der Waals surface area contributed by atoms with Gasteiger partial charge in [0.15, 0.2) is 0 Å². The van der Waals surface area contributed by atoms with E-state index in [-0.39, 0.29) is 12.0 Å². The van der Waals surface area contributed by atoms with E-state index in [0.29, 0.717) is 13.2 Å². The molecule has 0 aliphatic carbocycles. The maximum atomic E-state index is 11.6. The van der Waals surface area contributed by atoms with Crippen LogP contribution < -0.4 is 9.47 Å². The minimum Gasteiger partial charge on any atom is -0.497 e. The normalized spacial score (nSPS) is 18.7. The van der Waals surface area contributed by atoms with Crippen LogP contribution in [0.25, 0.3) is 0 Å². The van der Waals surface area contributed by atoms with E-state index in [2.05, 4.69) is 23.1 Å². The highest BCUT2D eigenvalue weighted by atomic mass is 16.5. The SMILES string of the molecule is CCOc1cccc(C(c2cccc(OC)c2)N2CCCC(C(=O)O)C2)c1. The summed E-state index contributed by atoms with van der Waals surface area (Å²) < 4.78 is 11.1. The van der Waals surface area contributed by atoms with Crippen LogP contribution in [0.3, 0.4) is 0 Å². The molecule has 0 spiro atoms. The van der Waals surface area contributed by atoms with Crippen molar-refractivity contribution in [1.82, 2.24) is 4.90 Å². The molecule has 1 aliphatic rings. The number of piperidine rings is 1. The third kappa shape index (κ3) is 4.61. The molecule has 0 bridgehead atoms. The van der Waals surface area contributed by atoms with Gasteiger partial charge in [0.25, 0.3) is 0 Å². The lowest BCUT2D eigenvalue weighted by atomic mass is 9.91. The summed E-state index contributed by atoms with van der Waals surface area (Å²) in [5.74, 6) is 0.578. The molecule has 27 heavy (non-hydrogen) atoms. The number of hydrogen-bond donors (Lipinski definition) is 1. The van der Waals surface area contributed by atoms with Crippen molar-refractivity contribution in [3.63, 3.8) is 0 Å². The molecule has 1 heterocycles. The maximum absolute atomic E-state index is 11.6. The van der Waals surface area contributed by atoms with Crippen molar-refractivity contribution in [2.75, 3.05) is 26.8 Å². The lowest BCUT2D eigenvalue weighted by molar-refractivity contribution is -0.143. The molecule has 1 N–H and O–H groups in total. The highest BCUT2D eigenvalue weighted by molar-refractivity contribution is 5.70. The van der Waals surface area contributed by atoms with Crippen LogP contribution in [0.2, 0.25) is 0 Å². The van der Waals surface area contributed by atoms with Gasteiger partial charge in [0, 0.05) is 6.54 Å². The van der Waals surface area contributed by atoms with Crippen molar-refractivity contribution in [2.24, 2.45) is 5.92 Å². The van der Waals surface area contributed by atoms with Crippen LogP contribution in [0, 0.1) is 5.92 Å². The molecule has 2 aromatic rings. The van der Waals surface area contributed by atoms with Gasteiger partial charge >= 0.3 is 5.97 Å². The average Bonchev–Trinajstić information content (AvgIpc) is 2.69. The van der Waals surface area contributed by atoms with Gasteiger partial charge in [-0.15, -0.1) is 0 Å². The standard InChI is InChI=1S/C22H27NO4/c1-3-27-20-11-5-8-17(14-20)21(16-7-4-10-19(13-16)26-2)23-12-6-9-18(15-23)22(24)25/h4-5,7-8,10-11,13-14,18,21H,3,6,9,12,15H2,1-2H3,(H,24,25). The molecule has 3 rings (SSSR count). The fraction of sp³-hybridized carbons (Fsp3) is 0.409. The van der Waals surface area contributed by atoms with E-state index in [1.807, 2.05) is 37.3 Å². The summed E-state index contributed by atoms with van der Waals surface area (Å²) in [7, 11) is 1.66. The lowest BCUT2D eigenvalue weighted by Crippen LogP contribution is -2.41. The highest BCUT2D eigenvalue weighted by Crippen LogP contribution is 2.35. The number of likely N-dealkylation sites (tertiary alicyclic amines) is 1. The van der Waals surface area contributed by atoms with Crippen molar-refractivity contribution >= 4 is 5.97 Å². The Morgan fingerprint density at radius 2 is 1.85 bits per heavy atom. The second-order valence-electron chi connectivity index (χ2n) is 6.86. The molecule has 5 heteroatoms. The predicted molar refractivity (Wildman–Crippen MR) is 104 cm³/mol. The van der Waals surface area contributed by atoms with Gasteiger partial charge in [0.2, 0.25) is 0 Å². The van der Waals surface area contributed by atoms with Crippen molar-refractivity contribution in [1.29, 1.82) is 0 Å². The van der Waals surface area contributed by atoms with E-state index in [0.717, 1.165) is 42.0 Å². The Kier molecular flexibility index (Phi) is 6.35. The van der Waals surface area contributed by atoms with Crippen LogP contribution >= 0.6 is 0 Å². The van der Waals surface area contributed by atoms with Crippen molar-refractivity contribution < 1.29 is 19.4 Å². The fourth-order valence-electron chi connectivity index (χ4n) is 3.81. The number of rotatable bonds is 7. The molecular formula is C22H27NO4. The molecule has 2 aromatic carbocycles. The zero-order valence-corrected chi connectivity index (χ0v) is 15.9. The van der Waals surface area contributed by atoms with Gasteiger partial charge in [-0.3, -0.25) is 9.69 Å². The molecule has 1 fully saturated rings. The van der Waals surface area contributed by atoms with Crippen LogP contribution in [0.1, 0.15) is 36.9 Å². The summed E-state index contributed by atoms with van der Waals surface area (Å²) in [5.41, 5.74) is 2.19. The number of ether oxygens (including phenoxy) is 2. The zero-order chi connectivity index (χ0) is 19.2. The van der Waals surface area contributed by atoms with E-state index < -0.39 is 5.97 Å². The number of carboxylic acids is 1. The van der Waals surface area contributed by atoms with Crippen molar-refractivity contribution in [3.8, 4) is 11.5 Å². The van der Waals surface area contributed by atoms with Crippen molar-refractivity contribution in [3.05, 3.63) is 59.7 Å². The van der Waals surface area contributed by atoms with Gasteiger partial charge in [0.1, 0.15) is 11.5 Å². The summed E-state index contributed by atoms with van der Waals surface area (Å²) in [6.07, 6.45) is 1.61. The first kappa shape index (κ1) is 19.2. The Labute approximate surface area is 160 Å². The van der Waals surface area contributed by atoms with E-state index in [4.69, 9.17) is 9.47 Å². The van der Waals surface area contributed by atoms with E-state index in [9.17, 15) is 9.90 Å². The third-order valence-corrected chi connectivity index (χ3v) is 5.06. The molecule has 0 aromatic heterocycles. The van der Waals surface area contributed by atoms with Gasteiger partial charge in [-0.25, -0.2) is 0 Å². The third-order valence-electron chi connectivity index (χ3n) is 5.06. The second-order valence-corrected chi connectivity index (χ2v) is 6.86. The van der Waals surface area contributed by atoms with Crippen LogP contribution in [0.15, 0.2) is 48.5 Å². The molecule has 5 nitrogen and oxygen atoms in total. The number of methoxy groups -OCH3 is 1. The molecule has 1 saturated heterocycles. The minimum atomic E-state index is -0.716. The molecule has 0 saturated carbocycles. The summed E-state index contributed by atoms with van der Waals surface area (Å²) in [4.78, 5) is 13.8. The average molecular weight is 369 g/mol. The molecule has 0 radical (unpaired) electrons. The molecule has 2 atom stereocenters. The Bertz CT molecular complexity index is 776. The maximum Gasteiger partial charge on any atom is 0.307 e. The van der Waals surface area contributed by atoms with Crippen LogP contribution in [0.5, 0.6) is 11.5 Å². The first-order chi connectivity index (χ1) is 13.1. The second kappa shape index (κ2) is 8.91. The summed E-state index contributed by atoms with van der Waals surface area (Å²) in [6.45, 7) is 3.98. The molecule has 144 valence electrons. The summed E-state index contributed by atoms with van der Waals surface area (Å²) >= 11 is 0.